The number of phenols is 1. The molecule has 48 heavy (non-hydrogen) atoms. The number of methoxy groups -OCH3 is 1. The van der Waals surface area contributed by atoms with Gasteiger partial charge in [-0.25, -0.2) is 9.69 Å². The molecule has 8 rings (SSSR count). The SMILES string of the molecule is COC(=O)N1C(=O)[C@H]2[C@H](CC=C3[C@H]2C[C@H]2C(=O)N(c4cccc(Cl)c4)C(=O)[C@@]2(c2ccccc2)[C@H]3c2c(O)ccc3ccccc23)C1=O. The van der Waals surface area contributed by atoms with Gasteiger partial charge < -0.3 is 9.84 Å². The maximum atomic E-state index is 15.4. The van der Waals surface area contributed by atoms with Gasteiger partial charge in [-0.1, -0.05) is 90.0 Å². The van der Waals surface area contributed by atoms with Crippen LogP contribution in [0.25, 0.3) is 10.8 Å². The number of halogens is 1. The van der Waals surface area contributed by atoms with Gasteiger partial charge in [0.05, 0.1) is 36.0 Å². The predicted octanol–water partition coefficient (Wildman–Crippen LogP) is 6.13. The highest BCUT2D eigenvalue weighted by molar-refractivity contribution is 6.32. The fraction of sp³-hybridized carbons (Fsp3) is 0.237. The number of amides is 5. The van der Waals surface area contributed by atoms with Crippen LogP contribution in [0.15, 0.2) is 103 Å². The Bertz CT molecular complexity index is 2110. The van der Waals surface area contributed by atoms with E-state index in [2.05, 4.69) is 0 Å². The van der Waals surface area contributed by atoms with E-state index < -0.39 is 64.7 Å². The van der Waals surface area contributed by atoms with Crippen LogP contribution in [-0.2, 0) is 29.3 Å². The number of rotatable bonds is 3. The van der Waals surface area contributed by atoms with Gasteiger partial charge in [0.2, 0.25) is 23.6 Å². The van der Waals surface area contributed by atoms with Crippen molar-refractivity contribution in [1.29, 1.82) is 0 Å². The third-order valence-corrected chi connectivity index (χ3v) is 11.0. The zero-order valence-corrected chi connectivity index (χ0v) is 26.5. The molecule has 1 N–H and O–H groups in total. The molecule has 4 aromatic carbocycles. The summed E-state index contributed by atoms with van der Waals surface area (Å²) in [6, 6.07) is 26.5. The normalized spacial score (nSPS) is 27.9. The van der Waals surface area contributed by atoms with E-state index >= 15 is 4.79 Å². The molecule has 2 aliphatic heterocycles. The van der Waals surface area contributed by atoms with Gasteiger partial charge in [0, 0.05) is 16.5 Å². The van der Waals surface area contributed by atoms with Crippen molar-refractivity contribution in [2.45, 2.75) is 24.2 Å². The second-order valence-electron chi connectivity index (χ2n) is 12.8. The van der Waals surface area contributed by atoms with Crippen molar-refractivity contribution in [3.05, 3.63) is 119 Å². The molecule has 240 valence electrons. The van der Waals surface area contributed by atoms with Gasteiger partial charge in [-0.2, -0.15) is 4.90 Å². The summed E-state index contributed by atoms with van der Waals surface area (Å²) >= 11 is 6.37. The summed E-state index contributed by atoms with van der Waals surface area (Å²) < 4.78 is 4.80. The summed E-state index contributed by atoms with van der Waals surface area (Å²) in [7, 11) is 1.11. The molecule has 3 fully saturated rings. The maximum absolute atomic E-state index is 15.4. The molecule has 9 nitrogen and oxygen atoms in total. The van der Waals surface area contributed by atoms with Crippen molar-refractivity contribution in [2.75, 3.05) is 12.0 Å². The Labute approximate surface area is 280 Å². The number of fused-ring (bicyclic) bond motifs is 5. The first-order valence-electron chi connectivity index (χ1n) is 15.8. The standard InChI is InChI=1S/C38H29ClN2O7/c1-48-37(47)41-33(43)26-16-15-25-27(30(26)35(41)45)19-28-34(44)40(23-12-7-11-22(39)18-23)36(46)38(28,21-9-3-2-4-10-21)32(25)31-24-13-6-5-8-20(24)14-17-29(31)42/h2-15,17-18,26-28,30,32,42H,16,19H2,1H3/t26-,27+,28-,30-,32+,38+/m0/s1. The van der Waals surface area contributed by atoms with Gasteiger partial charge in [-0.3, -0.25) is 19.2 Å². The van der Waals surface area contributed by atoms with Crippen LogP contribution >= 0.6 is 11.6 Å². The maximum Gasteiger partial charge on any atom is 0.423 e. The molecule has 4 aromatic rings. The highest BCUT2D eigenvalue weighted by Gasteiger charge is 2.71. The number of allylic oxidation sites excluding steroid dienone is 2. The molecule has 2 heterocycles. The summed E-state index contributed by atoms with van der Waals surface area (Å²) in [4.78, 5) is 72.1. The first-order chi connectivity index (χ1) is 23.2. The number of carbonyl (C=O) groups is 5. The van der Waals surface area contributed by atoms with Crippen molar-refractivity contribution >= 4 is 57.8 Å². The molecule has 5 amide bonds. The van der Waals surface area contributed by atoms with Crippen LogP contribution in [0.4, 0.5) is 10.5 Å². The van der Waals surface area contributed by atoms with Crippen LogP contribution in [0.1, 0.15) is 29.9 Å². The molecule has 6 atom stereocenters. The van der Waals surface area contributed by atoms with Crippen LogP contribution in [0.2, 0.25) is 5.02 Å². The number of carbonyl (C=O) groups excluding carboxylic acids is 5. The van der Waals surface area contributed by atoms with E-state index in [1.807, 2.05) is 60.7 Å². The van der Waals surface area contributed by atoms with Crippen molar-refractivity contribution in [1.82, 2.24) is 4.90 Å². The first kappa shape index (κ1) is 30.1. The highest BCUT2D eigenvalue weighted by Crippen LogP contribution is 2.65. The second-order valence-corrected chi connectivity index (χ2v) is 13.2. The number of hydrogen-bond acceptors (Lipinski definition) is 7. The number of likely N-dealkylation sites (tertiary alicyclic amines) is 1. The van der Waals surface area contributed by atoms with E-state index in [1.165, 1.54) is 4.90 Å². The fourth-order valence-electron chi connectivity index (χ4n) is 8.92. The third kappa shape index (κ3) is 3.94. The Balaban J connectivity index is 1.44. The van der Waals surface area contributed by atoms with Gasteiger partial charge in [-0.05, 0) is 59.4 Å². The topological polar surface area (TPSA) is 121 Å². The molecular formula is C38H29ClN2O7. The summed E-state index contributed by atoms with van der Waals surface area (Å²) in [6.45, 7) is 0. The molecular weight excluding hydrogens is 632 g/mol. The molecule has 4 aliphatic rings. The summed E-state index contributed by atoms with van der Waals surface area (Å²) in [5.41, 5.74) is 0.464. The Kier molecular flexibility index (Phi) is 6.82. The van der Waals surface area contributed by atoms with Crippen molar-refractivity contribution in [3.63, 3.8) is 0 Å². The Hall–Kier alpha value is -5.28. The number of phenolic OH excluding ortho intramolecular Hbond substituents is 1. The molecule has 0 aromatic heterocycles. The summed E-state index contributed by atoms with van der Waals surface area (Å²) in [5.74, 6) is -6.79. The molecule has 0 radical (unpaired) electrons. The average molecular weight is 661 g/mol. The van der Waals surface area contributed by atoms with Gasteiger partial charge in [0.15, 0.2) is 0 Å². The van der Waals surface area contributed by atoms with Crippen molar-refractivity contribution < 1.29 is 33.8 Å². The quantitative estimate of drug-likeness (QED) is 0.207. The van der Waals surface area contributed by atoms with E-state index in [9.17, 15) is 24.3 Å². The van der Waals surface area contributed by atoms with Crippen LogP contribution in [0.3, 0.4) is 0 Å². The highest BCUT2D eigenvalue weighted by atomic mass is 35.5. The molecule has 2 aliphatic carbocycles. The predicted molar refractivity (Wildman–Crippen MR) is 176 cm³/mol. The van der Waals surface area contributed by atoms with Crippen LogP contribution in [0.5, 0.6) is 5.75 Å². The summed E-state index contributed by atoms with van der Waals surface area (Å²) in [5, 5.41) is 13.6. The number of ether oxygens (including phenoxy) is 1. The van der Waals surface area contributed by atoms with Crippen LogP contribution < -0.4 is 4.90 Å². The van der Waals surface area contributed by atoms with Crippen LogP contribution in [-0.4, -0.2) is 46.8 Å². The lowest BCUT2D eigenvalue weighted by atomic mass is 9.48. The lowest BCUT2D eigenvalue weighted by Crippen LogP contribution is -2.53. The lowest BCUT2D eigenvalue weighted by Gasteiger charge is -2.51. The number of nitrogens with zero attached hydrogens (tertiary/aromatic N) is 2. The van der Waals surface area contributed by atoms with Gasteiger partial charge in [0.1, 0.15) is 5.75 Å². The molecule has 0 bridgehead atoms. The fourth-order valence-corrected chi connectivity index (χ4v) is 9.10. The molecule has 0 spiro atoms. The van der Waals surface area contributed by atoms with Gasteiger partial charge in [-0.15, -0.1) is 0 Å². The molecule has 10 heteroatoms. The van der Waals surface area contributed by atoms with Crippen molar-refractivity contribution in [3.8, 4) is 5.75 Å². The molecule has 1 saturated carbocycles. The largest absolute Gasteiger partial charge is 0.508 e. The van der Waals surface area contributed by atoms with E-state index in [-0.39, 0.29) is 18.6 Å². The number of benzene rings is 4. The molecule has 2 saturated heterocycles. The summed E-state index contributed by atoms with van der Waals surface area (Å²) in [6.07, 6.45) is 1.01. The van der Waals surface area contributed by atoms with Gasteiger partial charge in [0.25, 0.3) is 0 Å². The van der Waals surface area contributed by atoms with E-state index in [0.29, 0.717) is 37.7 Å². The smallest absolute Gasteiger partial charge is 0.423 e. The third-order valence-electron chi connectivity index (χ3n) is 10.8. The minimum atomic E-state index is -1.55. The van der Waals surface area contributed by atoms with E-state index in [1.54, 1.807) is 36.4 Å². The zero-order valence-electron chi connectivity index (χ0n) is 25.7. The number of hydrogen-bond donors (Lipinski definition) is 1. The average Bonchev–Trinajstić information content (AvgIpc) is 3.49. The Morgan fingerprint density at radius 2 is 1.62 bits per heavy atom. The second kappa shape index (κ2) is 10.9. The number of anilines is 1. The Morgan fingerprint density at radius 1 is 0.875 bits per heavy atom. The van der Waals surface area contributed by atoms with Crippen molar-refractivity contribution in [2.24, 2.45) is 23.7 Å². The lowest BCUT2D eigenvalue weighted by molar-refractivity contribution is -0.138. The number of imide groups is 4. The number of aromatic hydroxyl groups is 1. The minimum Gasteiger partial charge on any atom is -0.508 e. The van der Waals surface area contributed by atoms with Crippen LogP contribution in [0, 0.1) is 23.7 Å². The molecule has 0 unspecified atom stereocenters. The van der Waals surface area contributed by atoms with E-state index in [4.69, 9.17) is 16.3 Å². The van der Waals surface area contributed by atoms with Gasteiger partial charge >= 0.3 is 6.09 Å². The minimum absolute atomic E-state index is 0.0552. The first-order valence-corrected chi connectivity index (χ1v) is 16.1. The monoisotopic (exact) mass is 660 g/mol. The Morgan fingerprint density at radius 3 is 2.38 bits per heavy atom. The van der Waals surface area contributed by atoms with E-state index in [0.717, 1.165) is 12.5 Å². The zero-order chi connectivity index (χ0) is 33.5.